The van der Waals surface area contributed by atoms with Gasteiger partial charge < -0.3 is 4.74 Å². The van der Waals surface area contributed by atoms with Crippen LogP contribution in [0.1, 0.15) is 23.7 Å². The second-order valence-corrected chi connectivity index (χ2v) is 3.06. The highest BCUT2D eigenvalue weighted by Gasteiger charge is 2.19. The van der Waals surface area contributed by atoms with Crippen LogP contribution in [0.15, 0.2) is 24.3 Å². The third-order valence-electron chi connectivity index (χ3n) is 2.15. The number of hydrogen-bond donors (Lipinski definition) is 0. The maximum atomic E-state index is 5.36. The highest BCUT2D eigenvalue weighted by molar-refractivity contribution is 5.23. The SMILES string of the molecule is Cc1ccc([C@@H]2CCO2)cc1. The van der Waals surface area contributed by atoms with Crippen LogP contribution >= 0.6 is 0 Å². The fraction of sp³-hybridized carbons (Fsp3) is 0.400. The predicted molar refractivity (Wildman–Crippen MR) is 44.5 cm³/mol. The van der Waals surface area contributed by atoms with E-state index >= 15 is 0 Å². The van der Waals surface area contributed by atoms with Crippen molar-refractivity contribution >= 4 is 0 Å². The van der Waals surface area contributed by atoms with E-state index in [0.29, 0.717) is 6.10 Å². The number of benzene rings is 1. The van der Waals surface area contributed by atoms with Crippen molar-refractivity contribution in [2.75, 3.05) is 6.61 Å². The molecule has 1 nitrogen and oxygen atoms in total. The third-order valence-corrected chi connectivity index (χ3v) is 2.15. The Morgan fingerprint density at radius 3 is 2.36 bits per heavy atom. The summed E-state index contributed by atoms with van der Waals surface area (Å²) in [5.74, 6) is 0. The van der Waals surface area contributed by atoms with Crippen molar-refractivity contribution in [3.05, 3.63) is 35.4 Å². The van der Waals surface area contributed by atoms with Gasteiger partial charge in [-0.05, 0) is 12.5 Å². The van der Waals surface area contributed by atoms with Crippen molar-refractivity contribution < 1.29 is 4.74 Å². The van der Waals surface area contributed by atoms with Gasteiger partial charge in [-0.15, -0.1) is 0 Å². The van der Waals surface area contributed by atoms with Gasteiger partial charge in [0, 0.05) is 6.42 Å². The molecule has 1 saturated heterocycles. The van der Waals surface area contributed by atoms with E-state index in [-0.39, 0.29) is 0 Å². The molecule has 0 saturated carbocycles. The van der Waals surface area contributed by atoms with Gasteiger partial charge in [-0.3, -0.25) is 0 Å². The molecule has 11 heavy (non-hydrogen) atoms. The van der Waals surface area contributed by atoms with E-state index in [1.54, 1.807) is 0 Å². The molecule has 0 bridgehead atoms. The summed E-state index contributed by atoms with van der Waals surface area (Å²) < 4.78 is 5.36. The van der Waals surface area contributed by atoms with E-state index in [0.717, 1.165) is 6.61 Å². The van der Waals surface area contributed by atoms with Gasteiger partial charge in [0.1, 0.15) is 0 Å². The molecule has 1 aromatic rings. The van der Waals surface area contributed by atoms with Crippen LogP contribution in [-0.4, -0.2) is 6.61 Å². The fourth-order valence-corrected chi connectivity index (χ4v) is 1.28. The molecule has 0 spiro atoms. The molecule has 0 amide bonds. The zero-order valence-corrected chi connectivity index (χ0v) is 6.71. The molecule has 2 rings (SSSR count). The van der Waals surface area contributed by atoms with Crippen LogP contribution in [0.25, 0.3) is 0 Å². The highest BCUT2D eigenvalue weighted by atomic mass is 16.5. The Labute approximate surface area is 67.0 Å². The molecule has 0 aromatic heterocycles. The Morgan fingerprint density at radius 1 is 1.27 bits per heavy atom. The summed E-state index contributed by atoms with van der Waals surface area (Å²) in [4.78, 5) is 0. The minimum atomic E-state index is 0.385. The first-order chi connectivity index (χ1) is 5.36. The summed E-state index contributed by atoms with van der Waals surface area (Å²) >= 11 is 0. The number of ether oxygens (including phenoxy) is 1. The largest absolute Gasteiger partial charge is 0.373 e. The predicted octanol–water partition coefficient (Wildman–Crippen LogP) is 2.46. The quantitative estimate of drug-likeness (QED) is 0.594. The summed E-state index contributed by atoms with van der Waals surface area (Å²) in [6.45, 7) is 3.03. The van der Waals surface area contributed by atoms with Gasteiger partial charge in [0.15, 0.2) is 0 Å². The maximum absolute atomic E-state index is 5.36. The lowest BCUT2D eigenvalue weighted by Crippen LogP contribution is -2.17. The molecular weight excluding hydrogens is 136 g/mol. The van der Waals surface area contributed by atoms with Gasteiger partial charge in [-0.1, -0.05) is 29.8 Å². The molecule has 1 atom stereocenters. The van der Waals surface area contributed by atoms with E-state index in [4.69, 9.17) is 4.74 Å². The molecule has 0 unspecified atom stereocenters. The molecule has 1 fully saturated rings. The van der Waals surface area contributed by atoms with Gasteiger partial charge in [-0.25, -0.2) is 0 Å². The lowest BCUT2D eigenvalue weighted by atomic mass is 10.0. The number of aryl methyl sites for hydroxylation is 1. The van der Waals surface area contributed by atoms with Crippen LogP contribution in [0.5, 0.6) is 0 Å². The van der Waals surface area contributed by atoms with E-state index in [1.165, 1.54) is 17.5 Å². The van der Waals surface area contributed by atoms with Crippen molar-refractivity contribution in [3.63, 3.8) is 0 Å². The molecule has 0 aliphatic carbocycles. The first kappa shape index (κ1) is 6.86. The van der Waals surface area contributed by atoms with Crippen LogP contribution in [0.3, 0.4) is 0 Å². The first-order valence-corrected chi connectivity index (χ1v) is 4.04. The van der Waals surface area contributed by atoms with Crippen molar-refractivity contribution in [2.24, 2.45) is 0 Å². The second-order valence-electron chi connectivity index (χ2n) is 3.06. The molecule has 1 aromatic carbocycles. The van der Waals surface area contributed by atoms with Crippen LogP contribution in [-0.2, 0) is 4.74 Å². The van der Waals surface area contributed by atoms with Crippen LogP contribution < -0.4 is 0 Å². The van der Waals surface area contributed by atoms with E-state index in [9.17, 15) is 0 Å². The third kappa shape index (κ3) is 1.29. The van der Waals surface area contributed by atoms with E-state index < -0.39 is 0 Å². The smallest absolute Gasteiger partial charge is 0.0846 e. The summed E-state index contributed by atoms with van der Waals surface area (Å²) in [7, 11) is 0. The van der Waals surface area contributed by atoms with Gasteiger partial charge >= 0.3 is 0 Å². The molecule has 0 radical (unpaired) electrons. The fourth-order valence-electron chi connectivity index (χ4n) is 1.28. The molecule has 1 aliphatic rings. The molecule has 1 aliphatic heterocycles. The van der Waals surface area contributed by atoms with Crippen molar-refractivity contribution in [1.82, 2.24) is 0 Å². The summed E-state index contributed by atoms with van der Waals surface area (Å²) in [5, 5.41) is 0. The molecule has 1 heterocycles. The topological polar surface area (TPSA) is 9.23 Å². The van der Waals surface area contributed by atoms with Crippen molar-refractivity contribution in [1.29, 1.82) is 0 Å². The number of rotatable bonds is 1. The Kier molecular flexibility index (Phi) is 1.66. The average molecular weight is 148 g/mol. The van der Waals surface area contributed by atoms with Crippen molar-refractivity contribution in [2.45, 2.75) is 19.4 Å². The summed E-state index contributed by atoms with van der Waals surface area (Å²) in [5.41, 5.74) is 2.63. The Balaban J connectivity index is 2.18. The van der Waals surface area contributed by atoms with E-state index in [1.807, 2.05) is 0 Å². The first-order valence-electron chi connectivity index (χ1n) is 4.04. The lowest BCUT2D eigenvalue weighted by Gasteiger charge is -2.26. The van der Waals surface area contributed by atoms with Crippen LogP contribution in [0.2, 0.25) is 0 Å². The second kappa shape index (κ2) is 2.67. The van der Waals surface area contributed by atoms with Gasteiger partial charge in [0.05, 0.1) is 12.7 Å². The molecule has 58 valence electrons. The number of hydrogen-bond acceptors (Lipinski definition) is 1. The van der Waals surface area contributed by atoms with Gasteiger partial charge in [-0.2, -0.15) is 0 Å². The zero-order valence-electron chi connectivity index (χ0n) is 6.71. The standard InChI is InChI=1S/C10H12O/c1-8-2-4-9(5-3-8)10-6-7-11-10/h2-5,10H,6-7H2,1H3/t10-/m0/s1. The minimum Gasteiger partial charge on any atom is -0.373 e. The molecule has 0 N–H and O–H groups in total. The Morgan fingerprint density at radius 2 is 1.91 bits per heavy atom. The lowest BCUT2D eigenvalue weighted by molar-refractivity contribution is -0.0527. The normalized spacial score (nSPS) is 22.8. The zero-order chi connectivity index (χ0) is 7.68. The highest BCUT2D eigenvalue weighted by Crippen LogP contribution is 2.28. The monoisotopic (exact) mass is 148 g/mol. The Hall–Kier alpha value is -0.820. The average Bonchev–Trinajstić information content (AvgIpc) is 1.90. The van der Waals surface area contributed by atoms with Crippen LogP contribution in [0, 0.1) is 6.92 Å². The summed E-state index contributed by atoms with van der Waals surface area (Å²) in [6, 6.07) is 8.58. The molecule has 1 heteroatoms. The summed E-state index contributed by atoms with van der Waals surface area (Å²) in [6.07, 6.45) is 1.57. The molecular formula is C10H12O. The van der Waals surface area contributed by atoms with Gasteiger partial charge in [0.25, 0.3) is 0 Å². The van der Waals surface area contributed by atoms with Crippen LogP contribution in [0.4, 0.5) is 0 Å². The Bertz CT molecular complexity index is 234. The van der Waals surface area contributed by atoms with Gasteiger partial charge in [0.2, 0.25) is 0 Å². The van der Waals surface area contributed by atoms with E-state index in [2.05, 4.69) is 31.2 Å². The maximum Gasteiger partial charge on any atom is 0.0846 e. The van der Waals surface area contributed by atoms with Crippen molar-refractivity contribution in [3.8, 4) is 0 Å². The minimum absolute atomic E-state index is 0.385.